The first-order chi connectivity index (χ1) is 9.51. The van der Waals surface area contributed by atoms with Gasteiger partial charge in [-0.3, -0.25) is 9.59 Å². The Labute approximate surface area is 116 Å². The molecule has 1 saturated carbocycles. The summed E-state index contributed by atoms with van der Waals surface area (Å²) in [7, 11) is 1.52. The van der Waals surface area contributed by atoms with Crippen molar-refractivity contribution >= 4 is 17.6 Å². The van der Waals surface area contributed by atoms with E-state index in [1.54, 1.807) is 18.2 Å². The van der Waals surface area contributed by atoms with Gasteiger partial charge in [0.2, 0.25) is 0 Å². The molecule has 20 heavy (non-hydrogen) atoms. The molecule has 1 aliphatic rings. The van der Waals surface area contributed by atoms with E-state index < -0.39 is 5.97 Å². The topological polar surface area (TPSA) is 102 Å². The first kappa shape index (κ1) is 14.2. The fourth-order valence-electron chi connectivity index (χ4n) is 2.14. The van der Waals surface area contributed by atoms with Crippen LogP contribution in [0.2, 0.25) is 0 Å². The zero-order valence-corrected chi connectivity index (χ0v) is 11.3. The van der Waals surface area contributed by atoms with Gasteiger partial charge in [0, 0.05) is 17.8 Å². The van der Waals surface area contributed by atoms with Crippen molar-refractivity contribution in [2.75, 3.05) is 12.8 Å². The predicted octanol–water partition coefficient (Wildman–Crippen LogP) is 1.26. The minimum Gasteiger partial charge on any atom is -0.497 e. The molecular weight excluding hydrogens is 260 g/mol. The molecule has 2 rings (SSSR count). The van der Waals surface area contributed by atoms with Crippen molar-refractivity contribution in [2.45, 2.75) is 25.3 Å². The first-order valence-electron chi connectivity index (χ1n) is 6.47. The summed E-state index contributed by atoms with van der Waals surface area (Å²) in [6, 6.07) is 4.46. The van der Waals surface area contributed by atoms with Crippen LogP contribution < -0.4 is 15.8 Å². The highest BCUT2D eigenvalue weighted by molar-refractivity contribution is 5.99. The van der Waals surface area contributed by atoms with Crippen LogP contribution in [0.3, 0.4) is 0 Å². The van der Waals surface area contributed by atoms with Crippen molar-refractivity contribution in [3.05, 3.63) is 23.8 Å². The largest absolute Gasteiger partial charge is 0.497 e. The molecule has 0 heterocycles. The molecule has 1 aromatic rings. The van der Waals surface area contributed by atoms with Crippen LogP contribution in [0.5, 0.6) is 5.75 Å². The molecule has 1 aliphatic carbocycles. The van der Waals surface area contributed by atoms with Crippen molar-refractivity contribution in [3.63, 3.8) is 0 Å². The lowest BCUT2D eigenvalue weighted by Gasteiger charge is -2.17. The number of ether oxygens (including phenoxy) is 1. The molecule has 0 bridgehead atoms. The molecule has 0 aromatic heterocycles. The third kappa shape index (κ3) is 3.40. The Morgan fingerprint density at radius 1 is 1.50 bits per heavy atom. The minimum absolute atomic E-state index is 0.0630. The van der Waals surface area contributed by atoms with Crippen molar-refractivity contribution in [3.8, 4) is 5.75 Å². The normalized spacial score (nSPS) is 15.4. The molecule has 0 spiro atoms. The fourth-order valence-corrected chi connectivity index (χ4v) is 2.14. The molecule has 0 saturated heterocycles. The van der Waals surface area contributed by atoms with E-state index >= 15 is 0 Å². The summed E-state index contributed by atoms with van der Waals surface area (Å²) < 4.78 is 5.02. The van der Waals surface area contributed by atoms with Crippen LogP contribution in [-0.2, 0) is 4.79 Å². The number of nitrogens with one attached hydrogen (secondary N) is 1. The van der Waals surface area contributed by atoms with E-state index in [9.17, 15) is 9.59 Å². The van der Waals surface area contributed by atoms with Crippen LogP contribution >= 0.6 is 0 Å². The van der Waals surface area contributed by atoms with Crippen molar-refractivity contribution in [2.24, 2.45) is 5.92 Å². The first-order valence-corrected chi connectivity index (χ1v) is 6.47. The molecule has 1 fully saturated rings. The van der Waals surface area contributed by atoms with E-state index in [4.69, 9.17) is 15.6 Å². The number of carbonyl (C=O) groups excluding carboxylic acids is 1. The van der Waals surface area contributed by atoms with E-state index in [-0.39, 0.29) is 24.3 Å². The third-order valence-corrected chi connectivity index (χ3v) is 3.41. The van der Waals surface area contributed by atoms with E-state index in [1.807, 2.05) is 0 Å². The van der Waals surface area contributed by atoms with Gasteiger partial charge in [0.05, 0.1) is 19.1 Å². The van der Waals surface area contributed by atoms with Gasteiger partial charge in [-0.25, -0.2) is 0 Å². The molecule has 4 N–H and O–H groups in total. The maximum Gasteiger partial charge on any atom is 0.305 e. The number of nitrogen functional groups attached to an aromatic ring is 1. The highest BCUT2D eigenvalue weighted by Gasteiger charge is 2.34. The lowest BCUT2D eigenvalue weighted by molar-refractivity contribution is -0.137. The Kier molecular flexibility index (Phi) is 4.12. The maximum atomic E-state index is 12.2. The fraction of sp³-hybridized carbons (Fsp3) is 0.429. The summed E-state index contributed by atoms with van der Waals surface area (Å²) in [5, 5.41) is 11.6. The van der Waals surface area contributed by atoms with Crippen molar-refractivity contribution in [1.82, 2.24) is 5.32 Å². The van der Waals surface area contributed by atoms with Crippen LogP contribution in [0.15, 0.2) is 18.2 Å². The standard InChI is InChI=1S/C14H18N2O4/c1-20-9-4-5-10(11(15)6-9)14(19)16-12(7-13(17)18)8-2-3-8/h4-6,8,12H,2-3,7,15H2,1H3,(H,16,19)(H,17,18). The van der Waals surface area contributed by atoms with Crippen LogP contribution in [0.1, 0.15) is 29.6 Å². The van der Waals surface area contributed by atoms with E-state index in [1.165, 1.54) is 7.11 Å². The number of amides is 1. The Bertz CT molecular complexity index is 526. The number of hydrogen-bond donors (Lipinski definition) is 3. The smallest absolute Gasteiger partial charge is 0.305 e. The average molecular weight is 278 g/mol. The molecule has 0 aliphatic heterocycles. The molecule has 1 aromatic carbocycles. The predicted molar refractivity (Wildman–Crippen MR) is 73.6 cm³/mol. The highest BCUT2D eigenvalue weighted by Crippen LogP contribution is 2.34. The van der Waals surface area contributed by atoms with Gasteiger partial charge >= 0.3 is 5.97 Å². The number of carboxylic acid groups (broad SMARTS) is 1. The third-order valence-electron chi connectivity index (χ3n) is 3.41. The molecular formula is C14H18N2O4. The lowest BCUT2D eigenvalue weighted by Crippen LogP contribution is -2.38. The second-order valence-electron chi connectivity index (χ2n) is 4.97. The Balaban J connectivity index is 2.08. The second-order valence-corrected chi connectivity index (χ2v) is 4.97. The summed E-state index contributed by atoms with van der Waals surface area (Å²) in [6.07, 6.45) is 1.85. The van der Waals surface area contributed by atoms with Crippen LogP contribution in [0, 0.1) is 5.92 Å². The van der Waals surface area contributed by atoms with Gasteiger partial charge in [-0.15, -0.1) is 0 Å². The number of carbonyl (C=O) groups is 2. The molecule has 6 heteroatoms. The monoisotopic (exact) mass is 278 g/mol. The van der Waals surface area contributed by atoms with Crippen LogP contribution in [0.25, 0.3) is 0 Å². The Hall–Kier alpha value is -2.24. The Morgan fingerprint density at radius 3 is 2.70 bits per heavy atom. The highest BCUT2D eigenvalue weighted by atomic mass is 16.5. The Morgan fingerprint density at radius 2 is 2.20 bits per heavy atom. The molecule has 1 unspecified atom stereocenters. The molecule has 108 valence electrons. The molecule has 6 nitrogen and oxygen atoms in total. The quantitative estimate of drug-likeness (QED) is 0.680. The summed E-state index contributed by atoms with van der Waals surface area (Å²) in [5.41, 5.74) is 6.46. The summed E-state index contributed by atoms with van der Waals surface area (Å²) in [4.78, 5) is 23.0. The number of benzene rings is 1. The number of hydrogen-bond acceptors (Lipinski definition) is 4. The van der Waals surface area contributed by atoms with Crippen molar-refractivity contribution in [1.29, 1.82) is 0 Å². The van der Waals surface area contributed by atoms with Gasteiger partial charge in [-0.05, 0) is 30.9 Å². The van der Waals surface area contributed by atoms with Crippen LogP contribution in [0.4, 0.5) is 5.69 Å². The van der Waals surface area contributed by atoms with E-state index in [0.717, 1.165) is 12.8 Å². The maximum absolute atomic E-state index is 12.2. The van der Waals surface area contributed by atoms with Crippen LogP contribution in [-0.4, -0.2) is 30.1 Å². The number of rotatable bonds is 6. The number of anilines is 1. The van der Waals surface area contributed by atoms with Crippen molar-refractivity contribution < 1.29 is 19.4 Å². The van der Waals surface area contributed by atoms with Gasteiger partial charge in [0.15, 0.2) is 0 Å². The molecule has 1 amide bonds. The minimum atomic E-state index is -0.912. The number of carboxylic acids is 1. The van der Waals surface area contributed by atoms with Gasteiger partial charge in [0.25, 0.3) is 5.91 Å². The number of methoxy groups -OCH3 is 1. The zero-order chi connectivity index (χ0) is 14.7. The summed E-state index contributed by atoms with van der Waals surface area (Å²) in [5.74, 6) is -0.425. The van der Waals surface area contributed by atoms with E-state index in [0.29, 0.717) is 17.0 Å². The number of aliphatic carboxylic acids is 1. The van der Waals surface area contributed by atoms with Gasteiger partial charge in [0.1, 0.15) is 5.75 Å². The van der Waals surface area contributed by atoms with E-state index in [2.05, 4.69) is 5.32 Å². The van der Waals surface area contributed by atoms with Gasteiger partial charge in [-0.1, -0.05) is 0 Å². The molecule has 1 atom stereocenters. The average Bonchev–Trinajstić information content (AvgIpc) is 3.21. The second kappa shape index (κ2) is 5.81. The van der Waals surface area contributed by atoms with Gasteiger partial charge in [-0.2, -0.15) is 0 Å². The SMILES string of the molecule is COc1ccc(C(=O)NC(CC(=O)O)C2CC2)c(N)c1. The summed E-state index contributed by atoms with van der Waals surface area (Å²) >= 11 is 0. The lowest BCUT2D eigenvalue weighted by atomic mass is 10.1. The zero-order valence-electron chi connectivity index (χ0n) is 11.3. The number of nitrogens with two attached hydrogens (primary N) is 1. The summed E-state index contributed by atoms with van der Waals surface area (Å²) in [6.45, 7) is 0. The van der Waals surface area contributed by atoms with Gasteiger partial charge < -0.3 is 20.9 Å². The molecule has 0 radical (unpaired) electrons.